The Morgan fingerprint density at radius 1 is 1.26 bits per heavy atom. The Morgan fingerprint density at radius 2 is 2.11 bits per heavy atom. The van der Waals surface area contributed by atoms with Gasteiger partial charge in [0.25, 0.3) is 0 Å². The van der Waals surface area contributed by atoms with E-state index < -0.39 is 0 Å². The summed E-state index contributed by atoms with van der Waals surface area (Å²) >= 11 is 0. The van der Waals surface area contributed by atoms with Gasteiger partial charge >= 0.3 is 0 Å². The van der Waals surface area contributed by atoms with Crippen LogP contribution < -0.4 is 5.43 Å². The average molecular weight is 262 g/mol. The molecule has 2 aliphatic carbocycles. The first-order valence-corrected chi connectivity index (χ1v) is 7.80. The van der Waals surface area contributed by atoms with Gasteiger partial charge in [0.15, 0.2) is 0 Å². The van der Waals surface area contributed by atoms with E-state index in [1.165, 1.54) is 32.1 Å². The van der Waals surface area contributed by atoms with Gasteiger partial charge in [0, 0.05) is 18.6 Å². The highest BCUT2D eigenvalue weighted by molar-refractivity contribution is 5.77. The van der Waals surface area contributed by atoms with Crippen LogP contribution in [0.2, 0.25) is 0 Å². The number of unbranched alkanes of at least 4 members (excludes halogenated alkanes) is 4. The van der Waals surface area contributed by atoms with E-state index in [-0.39, 0.29) is 5.91 Å². The molecule has 0 aliphatic heterocycles. The van der Waals surface area contributed by atoms with E-state index in [9.17, 15) is 4.79 Å². The number of nitrogens with zero attached hydrogens (tertiary/aromatic N) is 1. The summed E-state index contributed by atoms with van der Waals surface area (Å²) in [6.07, 6.45) is 15.6. The lowest BCUT2D eigenvalue weighted by Gasteiger charge is -2.11. The molecule has 1 amide bonds. The first-order chi connectivity index (χ1) is 9.29. The van der Waals surface area contributed by atoms with Gasteiger partial charge in [-0.3, -0.25) is 4.79 Å². The topological polar surface area (TPSA) is 41.5 Å². The van der Waals surface area contributed by atoms with Crippen molar-refractivity contribution in [1.82, 2.24) is 5.43 Å². The van der Waals surface area contributed by atoms with Crippen LogP contribution in [0.5, 0.6) is 0 Å². The Labute approximate surface area is 116 Å². The second kappa shape index (κ2) is 7.46. The normalized spacial score (nSPS) is 28.4. The number of hydrazone groups is 1. The fraction of sp³-hybridized carbons (Fsp3) is 0.750. The van der Waals surface area contributed by atoms with Crippen LogP contribution in [0, 0.1) is 17.8 Å². The minimum Gasteiger partial charge on any atom is -0.273 e. The van der Waals surface area contributed by atoms with Crippen LogP contribution in [-0.2, 0) is 4.79 Å². The van der Waals surface area contributed by atoms with Crippen molar-refractivity contribution in [2.24, 2.45) is 22.9 Å². The number of hydrogen-bond donors (Lipinski definition) is 1. The molecule has 3 atom stereocenters. The summed E-state index contributed by atoms with van der Waals surface area (Å²) in [6.45, 7) is 2.20. The molecular weight excluding hydrogens is 236 g/mol. The molecule has 0 spiro atoms. The van der Waals surface area contributed by atoms with E-state index >= 15 is 0 Å². The molecule has 2 rings (SSSR count). The molecule has 0 aromatic rings. The van der Waals surface area contributed by atoms with Crippen molar-refractivity contribution >= 4 is 12.1 Å². The molecule has 1 fully saturated rings. The first-order valence-electron chi connectivity index (χ1n) is 7.80. The predicted octanol–water partition coefficient (Wildman–Crippen LogP) is 3.66. The van der Waals surface area contributed by atoms with Gasteiger partial charge in [-0.2, -0.15) is 5.10 Å². The maximum Gasteiger partial charge on any atom is 0.240 e. The summed E-state index contributed by atoms with van der Waals surface area (Å²) in [7, 11) is 0. The quantitative estimate of drug-likeness (QED) is 0.308. The molecule has 2 aliphatic rings. The van der Waals surface area contributed by atoms with E-state index in [1.807, 2.05) is 6.21 Å². The highest BCUT2D eigenvalue weighted by Gasteiger charge is 2.34. The smallest absolute Gasteiger partial charge is 0.240 e. The van der Waals surface area contributed by atoms with Crippen molar-refractivity contribution in [3.05, 3.63) is 12.2 Å². The van der Waals surface area contributed by atoms with Crippen LogP contribution in [-0.4, -0.2) is 12.1 Å². The minimum atomic E-state index is 0.0615. The van der Waals surface area contributed by atoms with Gasteiger partial charge in [0.2, 0.25) is 5.91 Å². The van der Waals surface area contributed by atoms with Crippen molar-refractivity contribution in [1.29, 1.82) is 0 Å². The third-order valence-corrected chi connectivity index (χ3v) is 4.29. The number of hydrogen-bond acceptors (Lipinski definition) is 2. The van der Waals surface area contributed by atoms with Gasteiger partial charge in [-0.1, -0.05) is 44.8 Å². The Kier molecular flexibility index (Phi) is 5.62. The second-order valence-corrected chi connectivity index (χ2v) is 5.92. The number of nitrogens with one attached hydrogen (secondary N) is 1. The van der Waals surface area contributed by atoms with E-state index in [4.69, 9.17) is 0 Å². The maximum atomic E-state index is 11.6. The summed E-state index contributed by atoms with van der Waals surface area (Å²) in [5.74, 6) is 2.03. The Hall–Kier alpha value is -1.12. The molecule has 0 aromatic carbocycles. The molecule has 0 aromatic heterocycles. The van der Waals surface area contributed by atoms with Crippen LogP contribution in [0.25, 0.3) is 0 Å². The average Bonchev–Trinajstić information content (AvgIpc) is 3.01. The van der Waals surface area contributed by atoms with Crippen molar-refractivity contribution in [3.8, 4) is 0 Å². The van der Waals surface area contributed by atoms with Crippen molar-refractivity contribution in [2.45, 2.75) is 58.3 Å². The van der Waals surface area contributed by atoms with Gasteiger partial charge < -0.3 is 0 Å². The lowest BCUT2D eigenvalue weighted by atomic mass is 9.95. The molecule has 3 nitrogen and oxygen atoms in total. The van der Waals surface area contributed by atoms with Gasteiger partial charge in [0.05, 0.1) is 0 Å². The Morgan fingerprint density at radius 3 is 2.79 bits per heavy atom. The standard InChI is InChI=1S/C16H26N2O/c1-2-3-4-5-6-7-16(19)18-17-12-15-11-13-8-9-14(15)10-13/h8-9,12-15H,2-7,10-11H2,1H3,(H,18,19)/b17-12-/t13-,14-,15-/m0/s1. The zero-order valence-electron chi connectivity index (χ0n) is 12.0. The highest BCUT2D eigenvalue weighted by atomic mass is 16.2. The van der Waals surface area contributed by atoms with Crippen LogP contribution >= 0.6 is 0 Å². The Bertz CT molecular complexity index is 349. The van der Waals surface area contributed by atoms with Crippen LogP contribution in [0.4, 0.5) is 0 Å². The summed E-state index contributed by atoms with van der Waals surface area (Å²) in [6, 6.07) is 0. The lowest BCUT2D eigenvalue weighted by molar-refractivity contribution is -0.121. The second-order valence-electron chi connectivity index (χ2n) is 5.92. The Balaban J connectivity index is 1.55. The van der Waals surface area contributed by atoms with Crippen molar-refractivity contribution in [3.63, 3.8) is 0 Å². The summed E-state index contributed by atoms with van der Waals surface area (Å²) in [5, 5.41) is 4.13. The number of carbonyl (C=O) groups excluding carboxylic acids is 1. The molecule has 0 radical (unpaired) electrons. The van der Waals surface area contributed by atoms with Gasteiger partial charge in [-0.15, -0.1) is 0 Å². The van der Waals surface area contributed by atoms with Crippen LogP contribution in [0.1, 0.15) is 58.3 Å². The van der Waals surface area contributed by atoms with Gasteiger partial charge in [0.1, 0.15) is 0 Å². The molecule has 19 heavy (non-hydrogen) atoms. The molecule has 1 saturated carbocycles. The maximum absolute atomic E-state index is 11.6. The number of fused-ring (bicyclic) bond motifs is 2. The third-order valence-electron chi connectivity index (χ3n) is 4.29. The molecule has 0 saturated heterocycles. The number of allylic oxidation sites excluding steroid dienone is 2. The molecular formula is C16H26N2O. The van der Waals surface area contributed by atoms with E-state index in [0.29, 0.717) is 18.3 Å². The van der Waals surface area contributed by atoms with Gasteiger partial charge in [-0.05, 0) is 31.1 Å². The summed E-state index contributed by atoms with van der Waals surface area (Å²) in [4.78, 5) is 11.6. The van der Waals surface area contributed by atoms with Crippen LogP contribution in [0.15, 0.2) is 17.3 Å². The van der Waals surface area contributed by atoms with Crippen molar-refractivity contribution < 1.29 is 4.79 Å². The van der Waals surface area contributed by atoms with E-state index in [1.54, 1.807) is 0 Å². The number of amides is 1. The SMILES string of the molecule is CCCCCCCC(=O)N/N=C\[C@@H]1C[C@H]2C=C[C@H]1C2. The van der Waals surface area contributed by atoms with Gasteiger partial charge in [-0.25, -0.2) is 5.43 Å². The van der Waals surface area contributed by atoms with Crippen LogP contribution in [0.3, 0.4) is 0 Å². The number of rotatable bonds is 8. The summed E-state index contributed by atoms with van der Waals surface area (Å²) in [5.41, 5.74) is 2.67. The predicted molar refractivity (Wildman–Crippen MR) is 78.9 cm³/mol. The van der Waals surface area contributed by atoms with E-state index in [0.717, 1.165) is 18.8 Å². The summed E-state index contributed by atoms with van der Waals surface area (Å²) < 4.78 is 0. The molecule has 3 heteroatoms. The first kappa shape index (κ1) is 14.3. The van der Waals surface area contributed by atoms with E-state index in [2.05, 4.69) is 29.6 Å². The third kappa shape index (κ3) is 4.48. The zero-order valence-corrected chi connectivity index (χ0v) is 12.0. The lowest BCUT2D eigenvalue weighted by Crippen LogP contribution is -2.19. The monoisotopic (exact) mass is 262 g/mol. The zero-order chi connectivity index (χ0) is 13.5. The van der Waals surface area contributed by atoms with Crippen molar-refractivity contribution in [2.75, 3.05) is 0 Å². The molecule has 0 unspecified atom stereocenters. The number of carbonyl (C=O) groups is 1. The molecule has 0 heterocycles. The fourth-order valence-electron chi connectivity index (χ4n) is 3.14. The molecule has 1 N–H and O–H groups in total. The fourth-order valence-corrected chi connectivity index (χ4v) is 3.14. The largest absolute Gasteiger partial charge is 0.273 e. The molecule has 106 valence electrons. The minimum absolute atomic E-state index is 0.0615. The highest BCUT2D eigenvalue weighted by Crippen LogP contribution is 2.42. The molecule has 2 bridgehead atoms.